The lowest BCUT2D eigenvalue weighted by atomic mass is 10.0. The summed E-state index contributed by atoms with van der Waals surface area (Å²) < 4.78 is 3.44. The Balaban J connectivity index is 1.39. The minimum Gasteiger partial charge on any atom is -0.299 e. The standard InChI is InChI=1S/C24H30ClN5S/c1-2-19-16-26-30(18-19)24(28-31-23-11-7-6-10-22(23)25)27-21-12-14-29(15-13-21)17-20-8-4-3-5-9-20/h3-11,16,19,21H,2,12-15,17-18H2,1H3,(H,27,28). The quantitative estimate of drug-likeness (QED) is 0.365. The Bertz CT molecular complexity index is 896. The fourth-order valence-electron chi connectivity index (χ4n) is 3.86. The van der Waals surface area contributed by atoms with Gasteiger partial charge in [0.2, 0.25) is 5.96 Å². The van der Waals surface area contributed by atoms with Crippen LogP contribution in [0.15, 0.2) is 69.6 Å². The Morgan fingerprint density at radius 1 is 1.13 bits per heavy atom. The van der Waals surface area contributed by atoms with E-state index in [0.29, 0.717) is 12.0 Å². The Labute approximate surface area is 194 Å². The monoisotopic (exact) mass is 455 g/mol. The zero-order valence-corrected chi connectivity index (χ0v) is 19.5. The van der Waals surface area contributed by atoms with Crippen LogP contribution in [0.25, 0.3) is 0 Å². The third kappa shape index (κ3) is 6.25. The van der Waals surface area contributed by atoms with Crippen molar-refractivity contribution in [3.05, 3.63) is 65.2 Å². The molecule has 5 nitrogen and oxygen atoms in total. The van der Waals surface area contributed by atoms with Crippen molar-refractivity contribution >= 4 is 35.7 Å². The predicted molar refractivity (Wildman–Crippen MR) is 132 cm³/mol. The SMILES string of the molecule is CCC1C=NN(C(=NC2CCN(Cc3ccccc3)CC2)NSc2ccccc2Cl)C1. The molecule has 2 aromatic rings. The minimum absolute atomic E-state index is 0.303. The molecule has 4 rings (SSSR count). The lowest BCUT2D eigenvalue weighted by molar-refractivity contribution is 0.205. The molecule has 2 heterocycles. The Morgan fingerprint density at radius 2 is 1.87 bits per heavy atom. The van der Waals surface area contributed by atoms with E-state index in [1.54, 1.807) is 0 Å². The molecule has 1 unspecified atom stereocenters. The van der Waals surface area contributed by atoms with E-state index in [1.807, 2.05) is 35.5 Å². The van der Waals surface area contributed by atoms with Crippen molar-refractivity contribution in [1.82, 2.24) is 14.6 Å². The third-order valence-electron chi connectivity index (χ3n) is 5.79. The molecule has 0 spiro atoms. The summed E-state index contributed by atoms with van der Waals surface area (Å²) in [5.41, 5.74) is 1.37. The topological polar surface area (TPSA) is 43.2 Å². The molecule has 0 saturated carbocycles. The van der Waals surface area contributed by atoms with Crippen molar-refractivity contribution in [3.63, 3.8) is 0 Å². The van der Waals surface area contributed by atoms with Crippen LogP contribution in [-0.2, 0) is 6.54 Å². The van der Waals surface area contributed by atoms with Crippen LogP contribution in [0.1, 0.15) is 31.7 Å². The summed E-state index contributed by atoms with van der Waals surface area (Å²) in [6.45, 7) is 6.21. The molecule has 0 radical (unpaired) electrons. The first-order chi connectivity index (χ1) is 15.2. The van der Waals surface area contributed by atoms with Gasteiger partial charge in [0.1, 0.15) is 0 Å². The number of rotatable bonds is 6. The highest BCUT2D eigenvalue weighted by Crippen LogP contribution is 2.25. The molecule has 2 aliphatic heterocycles. The maximum atomic E-state index is 6.34. The molecular weight excluding hydrogens is 426 g/mol. The maximum Gasteiger partial charge on any atom is 0.225 e. The second-order valence-electron chi connectivity index (χ2n) is 8.10. The minimum atomic E-state index is 0.303. The Kier molecular flexibility index (Phi) is 7.89. The summed E-state index contributed by atoms with van der Waals surface area (Å²) in [5.74, 6) is 1.31. The largest absolute Gasteiger partial charge is 0.299 e. The number of piperidine rings is 1. The molecule has 2 aromatic carbocycles. The third-order valence-corrected chi connectivity index (χ3v) is 7.10. The first kappa shape index (κ1) is 22.2. The van der Waals surface area contributed by atoms with E-state index in [9.17, 15) is 0 Å². The van der Waals surface area contributed by atoms with Crippen LogP contribution in [0.2, 0.25) is 5.02 Å². The van der Waals surface area contributed by atoms with Gasteiger partial charge in [0, 0.05) is 36.7 Å². The lowest BCUT2D eigenvalue weighted by Crippen LogP contribution is -2.39. The number of nitrogens with zero attached hydrogens (tertiary/aromatic N) is 4. The van der Waals surface area contributed by atoms with Crippen LogP contribution < -0.4 is 4.72 Å². The second-order valence-corrected chi connectivity index (χ2v) is 9.35. The number of hydrogen-bond acceptors (Lipinski definition) is 4. The van der Waals surface area contributed by atoms with Crippen LogP contribution in [0, 0.1) is 5.92 Å². The van der Waals surface area contributed by atoms with Gasteiger partial charge in [-0.15, -0.1) is 0 Å². The van der Waals surface area contributed by atoms with E-state index in [1.165, 1.54) is 17.5 Å². The van der Waals surface area contributed by atoms with Gasteiger partial charge in [-0.05, 0) is 48.9 Å². The number of likely N-dealkylation sites (tertiary alicyclic amines) is 1. The lowest BCUT2D eigenvalue weighted by Gasteiger charge is -2.31. The number of guanidine groups is 1. The van der Waals surface area contributed by atoms with Crippen LogP contribution in [0.5, 0.6) is 0 Å². The second kappa shape index (κ2) is 11.0. The molecule has 0 aromatic heterocycles. The highest BCUT2D eigenvalue weighted by Gasteiger charge is 2.24. The summed E-state index contributed by atoms with van der Waals surface area (Å²) in [4.78, 5) is 8.61. The molecule has 1 N–H and O–H groups in total. The zero-order valence-electron chi connectivity index (χ0n) is 18.0. The molecule has 7 heteroatoms. The van der Waals surface area contributed by atoms with Gasteiger partial charge in [0.15, 0.2) is 0 Å². The summed E-state index contributed by atoms with van der Waals surface area (Å²) >= 11 is 7.84. The molecule has 164 valence electrons. The molecule has 1 saturated heterocycles. The average Bonchev–Trinajstić information content (AvgIpc) is 3.29. The fraction of sp³-hybridized carbons (Fsp3) is 0.417. The fourth-order valence-corrected chi connectivity index (χ4v) is 4.78. The summed E-state index contributed by atoms with van der Waals surface area (Å²) in [6.07, 6.45) is 5.25. The van der Waals surface area contributed by atoms with Crippen LogP contribution in [0.4, 0.5) is 0 Å². The van der Waals surface area contributed by atoms with Gasteiger partial charge in [-0.25, -0.2) is 10.0 Å². The molecule has 31 heavy (non-hydrogen) atoms. The molecule has 2 aliphatic rings. The van der Waals surface area contributed by atoms with Gasteiger partial charge in [-0.3, -0.25) is 9.62 Å². The molecule has 1 atom stereocenters. The molecule has 0 aliphatic carbocycles. The maximum absolute atomic E-state index is 6.34. The van der Waals surface area contributed by atoms with Gasteiger partial charge < -0.3 is 0 Å². The van der Waals surface area contributed by atoms with E-state index >= 15 is 0 Å². The van der Waals surface area contributed by atoms with Crippen molar-refractivity contribution in [2.45, 2.75) is 43.7 Å². The van der Waals surface area contributed by atoms with Crippen LogP contribution in [-0.4, -0.2) is 47.8 Å². The van der Waals surface area contributed by atoms with E-state index in [2.05, 4.69) is 52.0 Å². The van der Waals surface area contributed by atoms with Crippen molar-refractivity contribution < 1.29 is 0 Å². The van der Waals surface area contributed by atoms with Gasteiger partial charge in [-0.2, -0.15) is 5.10 Å². The zero-order chi connectivity index (χ0) is 21.5. The Morgan fingerprint density at radius 3 is 2.58 bits per heavy atom. The Hall–Kier alpha value is -2.02. The average molecular weight is 456 g/mol. The number of aliphatic imine (C=N–C) groups is 1. The number of hydrazone groups is 1. The smallest absolute Gasteiger partial charge is 0.225 e. The van der Waals surface area contributed by atoms with E-state index < -0.39 is 0 Å². The number of nitrogens with one attached hydrogen (secondary N) is 1. The summed E-state index contributed by atoms with van der Waals surface area (Å²) in [6, 6.07) is 18.9. The number of halogens is 1. The highest BCUT2D eigenvalue weighted by atomic mass is 35.5. The normalized spacial score (nSPS) is 20.4. The first-order valence-electron chi connectivity index (χ1n) is 11.0. The number of hydrogen-bond donors (Lipinski definition) is 1. The van der Waals surface area contributed by atoms with Gasteiger partial charge in [0.25, 0.3) is 0 Å². The first-order valence-corrected chi connectivity index (χ1v) is 12.2. The molecule has 0 amide bonds. The molecular formula is C24H30ClN5S. The van der Waals surface area contributed by atoms with Crippen LogP contribution >= 0.6 is 23.5 Å². The van der Waals surface area contributed by atoms with Crippen molar-refractivity contribution in [3.8, 4) is 0 Å². The van der Waals surface area contributed by atoms with Crippen molar-refractivity contribution in [2.75, 3.05) is 19.6 Å². The number of benzene rings is 2. The van der Waals surface area contributed by atoms with Crippen LogP contribution in [0.3, 0.4) is 0 Å². The molecule has 0 bridgehead atoms. The van der Waals surface area contributed by atoms with E-state index in [4.69, 9.17) is 16.6 Å². The summed E-state index contributed by atoms with van der Waals surface area (Å²) in [7, 11) is 0. The van der Waals surface area contributed by atoms with Crippen molar-refractivity contribution in [1.29, 1.82) is 0 Å². The summed E-state index contributed by atoms with van der Waals surface area (Å²) in [5, 5.41) is 7.37. The van der Waals surface area contributed by atoms with E-state index in [-0.39, 0.29) is 0 Å². The predicted octanol–water partition coefficient (Wildman–Crippen LogP) is 5.28. The molecule has 1 fully saturated rings. The van der Waals surface area contributed by atoms with Gasteiger partial charge >= 0.3 is 0 Å². The van der Waals surface area contributed by atoms with Gasteiger partial charge in [-0.1, -0.05) is 61.0 Å². The van der Waals surface area contributed by atoms with Crippen molar-refractivity contribution in [2.24, 2.45) is 16.0 Å². The highest BCUT2D eigenvalue weighted by molar-refractivity contribution is 7.98. The van der Waals surface area contributed by atoms with Gasteiger partial charge in [0.05, 0.1) is 17.6 Å². The van der Waals surface area contributed by atoms with E-state index in [0.717, 1.165) is 61.3 Å².